The predicted octanol–water partition coefficient (Wildman–Crippen LogP) is 3.62. The van der Waals surface area contributed by atoms with Crippen molar-refractivity contribution in [2.45, 2.75) is 13.8 Å². The molecule has 0 aliphatic carbocycles. The first-order valence-electron chi connectivity index (χ1n) is 7.96. The van der Waals surface area contributed by atoms with E-state index in [1.54, 1.807) is 25.3 Å². The molecule has 1 heterocycles. The van der Waals surface area contributed by atoms with Crippen molar-refractivity contribution in [1.29, 1.82) is 0 Å². The number of aromatic nitrogens is 2. The van der Waals surface area contributed by atoms with Crippen molar-refractivity contribution in [1.82, 2.24) is 10.2 Å². The molecule has 0 unspecified atom stereocenters. The van der Waals surface area contributed by atoms with Gasteiger partial charge >= 0.3 is 6.01 Å². The zero-order valence-corrected chi connectivity index (χ0v) is 15.0. The lowest BCUT2D eigenvalue weighted by atomic mass is 10.1. The van der Waals surface area contributed by atoms with Crippen molar-refractivity contribution in [2.24, 2.45) is 0 Å². The highest BCUT2D eigenvalue weighted by atomic mass is 16.5. The Labute approximate surface area is 151 Å². The molecular weight excluding hydrogens is 334 g/mol. The van der Waals surface area contributed by atoms with Crippen LogP contribution in [0.15, 0.2) is 40.8 Å². The zero-order valence-electron chi connectivity index (χ0n) is 15.0. The Morgan fingerprint density at radius 2 is 1.85 bits per heavy atom. The minimum atomic E-state index is -0.303. The van der Waals surface area contributed by atoms with E-state index in [1.165, 1.54) is 7.11 Å². The monoisotopic (exact) mass is 353 g/mol. The number of ether oxygens (including phenoxy) is 2. The van der Waals surface area contributed by atoms with Crippen LogP contribution in [0.1, 0.15) is 21.5 Å². The van der Waals surface area contributed by atoms with Crippen LogP contribution < -0.4 is 14.8 Å². The molecule has 3 rings (SSSR count). The van der Waals surface area contributed by atoms with Gasteiger partial charge in [0.15, 0.2) is 0 Å². The van der Waals surface area contributed by atoms with Crippen LogP contribution in [-0.2, 0) is 0 Å². The van der Waals surface area contributed by atoms with Crippen LogP contribution in [0, 0.1) is 13.8 Å². The third kappa shape index (κ3) is 3.51. The summed E-state index contributed by atoms with van der Waals surface area (Å²) < 4.78 is 16.1. The van der Waals surface area contributed by atoms with Gasteiger partial charge in [-0.1, -0.05) is 22.8 Å². The summed E-state index contributed by atoms with van der Waals surface area (Å²) in [5, 5.41) is 10.5. The number of rotatable bonds is 5. The fraction of sp³-hybridized carbons (Fsp3) is 0.211. The van der Waals surface area contributed by atoms with E-state index in [0.29, 0.717) is 22.6 Å². The topological polar surface area (TPSA) is 86.5 Å². The fourth-order valence-corrected chi connectivity index (χ4v) is 2.50. The van der Waals surface area contributed by atoms with Crippen LogP contribution in [-0.4, -0.2) is 30.3 Å². The number of nitrogens with one attached hydrogen (secondary N) is 1. The second kappa shape index (κ2) is 7.26. The van der Waals surface area contributed by atoms with E-state index >= 15 is 0 Å². The first-order valence-corrected chi connectivity index (χ1v) is 7.96. The molecule has 1 aromatic heterocycles. The summed E-state index contributed by atoms with van der Waals surface area (Å²) in [4.78, 5) is 12.5. The van der Waals surface area contributed by atoms with E-state index in [-0.39, 0.29) is 17.8 Å². The van der Waals surface area contributed by atoms with Crippen LogP contribution in [0.3, 0.4) is 0 Å². The van der Waals surface area contributed by atoms with Gasteiger partial charge in [0.2, 0.25) is 0 Å². The maximum Gasteiger partial charge on any atom is 0.322 e. The molecule has 26 heavy (non-hydrogen) atoms. The minimum Gasteiger partial charge on any atom is -0.497 e. The average molecular weight is 353 g/mol. The van der Waals surface area contributed by atoms with Gasteiger partial charge in [-0.15, -0.1) is 5.10 Å². The quantitative estimate of drug-likeness (QED) is 0.754. The van der Waals surface area contributed by atoms with E-state index in [9.17, 15) is 4.79 Å². The van der Waals surface area contributed by atoms with Crippen LogP contribution >= 0.6 is 0 Å². The lowest BCUT2D eigenvalue weighted by molar-refractivity contribution is 0.102. The number of aryl methyl sites for hydroxylation is 2. The molecular formula is C19H19N3O4. The van der Waals surface area contributed by atoms with E-state index in [1.807, 2.05) is 32.0 Å². The first-order chi connectivity index (χ1) is 12.5. The SMILES string of the molecule is COc1ccc(-c2nnc(NC(=O)c3cc(C)ccc3C)o2)c(OC)c1. The number of amides is 1. The van der Waals surface area contributed by atoms with Gasteiger partial charge in [-0.05, 0) is 37.6 Å². The Balaban J connectivity index is 1.84. The summed E-state index contributed by atoms with van der Waals surface area (Å²) in [6, 6.07) is 10.9. The molecule has 0 spiro atoms. The normalized spacial score (nSPS) is 10.5. The third-order valence-corrected chi connectivity index (χ3v) is 3.92. The molecule has 0 atom stereocenters. The Hall–Kier alpha value is -3.35. The molecule has 0 bridgehead atoms. The second-order valence-corrected chi connectivity index (χ2v) is 5.75. The lowest BCUT2D eigenvalue weighted by Gasteiger charge is -2.07. The molecule has 0 radical (unpaired) electrons. The molecule has 7 heteroatoms. The molecule has 0 aliphatic rings. The highest BCUT2D eigenvalue weighted by molar-refractivity contribution is 6.04. The Kier molecular flexibility index (Phi) is 4.88. The van der Waals surface area contributed by atoms with Gasteiger partial charge in [0.05, 0.1) is 19.8 Å². The summed E-state index contributed by atoms with van der Waals surface area (Å²) in [7, 11) is 3.11. The number of carbonyl (C=O) groups excluding carboxylic acids is 1. The molecule has 0 saturated carbocycles. The number of benzene rings is 2. The fourth-order valence-electron chi connectivity index (χ4n) is 2.50. The number of hydrogen-bond acceptors (Lipinski definition) is 6. The second-order valence-electron chi connectivity index (χ2n) is 5.75. The molecule has 1 N–H and O–H groups in total. The lowest BCUT2D eigenvalue weighted by Crippen LogP contribution is -2.13. The number of hydrogen-bond donors (Lipinski definition) is 1. The van der Waals surface area contributed by atoms with Gasteiger partial charge in [0.25, 0.3) is 11.8 Å². The Morgan fingerprint density at radius 3 is 2.58 bits per heavy atom. The smallest absolute Gasteiger partial charge is 0.322 e. The van der Waals surface area contributed by atoms with Gasteiger partial charge in [-0.3, -0.25) is 10.1 Å². The van der Waals surface area contributed by atoms with Gasteiger partial charge in [0, 0.05) is 11.6 Å². The minimum absolute atomic E-state index is 0.0174. The molecule has 0 saturated heterocycles. The molecule has 2 aromatic carbocycles. The summed E-state index contributed by atoms with van der Waals surface area (Å²) >= 11 is 0. The van der Waals surface area contributed by atoms with Gasteiger partial charge in [0.1, 0.15) is 11.5 Å². The van der Waals surface area contributed by atoms with Crippen LogP contribution in [0.5, 0.6) is 11.5 Å². The number of nitrogens with zero attached hydrogens (tertiary/aromatic N) is 2. The molecule has 1 amide bonds. The largest absolute Gasteiger partial charge is 0.497 e. The van der Waals surface area contributed by atoms with E-state index in [2.05, 4.69) is 15.5 Å². The van der Waals surface area contributed by atoms with Gasteiger partial charge < -0.3 is 13.9 Å². The van der Waals surface area contributed by atoms with Crippen molar-refractivity contribution in [3.8, 4) is 23.0 Å². The maximum absolute atomic E-state index is 12.5. The number of carbonyl (C=O) groups is 1. The van der Waals surface area contributed by atoms with Crippen LogP contribution in [0.2, 0.25) is 0 Å². The summed E-state index contributed by atoms with van der Waals surface area (Å²) in [5.41, 5.74) is 3.03. The molecule has 3 aromatic rings. The first kappa shape index (κ1) is 17.5. The Bertz CT molecular complexity index is 950. The van der Waals surface area contributed by atoms with Crippen LogP contribution in [0.25, 0.3) is 11.5 Å². The Morgan fingerprint density at radius 1 is 1.04 bits per heavy atom. The van der Waals surface area contributed by atoms with Crippen molar-refractivity contribution < 1.29 is 18.7 Å². The predicted molar refractivity (Wildman–Crippen MR) is 96.7 cm³/mol. The maximum atomic E-state index is 12.5. The highest BCUT2D eigenvalue weighted by Gasteiger charge is 2.17. The molecule has 134 valence electrons. The zero-order chi connectivity index (χ0) is 18.7. The summed E-state index contributed by atoms with van der Waals surface area (Å²) in [6.45, 7) is 3.80. The highest BCUT2D eigenvalue weighted by Crippen LogP contribution is 2.33. The average Bonchev–Trinajstić information content (AvgIpc) is 3.11. The summed E-state index contributed by atoms with van der Waals surface area (Å²) in [5.74, 6) is 1.11. The van der Waals surface area contributed by atoms with Crippen molar-refractivity contribution in [3.63, 3.8) is 0 Å². The number of methoxy groups -OCH3 is 2. The third-order valence-electron chi connectivity index (χ3n) is 3.92. The van der Waals surface area contributed by atoms with Crippen molar-refractivity contribution in [3.05, 3.63) is 53.1 Å². The van der Waals surface area contributed by atoms with E-state index < -0.39 is 0 Å². The van der Waals surface area contributed by atoms with Crippen molar-refractivity contribution in [2.75, 3.05) is 19.5 Å². The van der Waals surface area contributed by atoms with Gasteiger partial charge in [-0.25, -0.2) is 0 Å². The molecule has 0 aliphatic heterocycles. The van der Waals surface area contributed by atoms with Gasteiger partial charge in [-0.2, -0.15) is 0 Å². The molecule has 7 nitrogen and oxygen atoms in total. The van der Waals surface area contributed by atoms with Crippen molar-refractivity contribution >= 4 is 11.9 Å². The van der Waals surface area contributed by atoms with Crippen LogP contribution in [0.4, 0.5) is 6.01 Å². The number of anilines is 1. The standard InChI is InChI=1S/C19H19N3O4/c1-11-5-6-12(2)15(9-11)17(23)20-19-22-21-18(26-19)14-8-7-13(24-3)10-16(14)25-4/h5-10H,1-4H3,(H,20,22,23). The van der Waals surface area contributed by atoms with E-state index in [4.69, 9.17) is 13.9 Å². The van der Waals surface area contributed by atoms with E-state index in [0.717, 1.165) is 11.1 Å². The summed E-state index contributed by atoms with van der Waals surface area (Å²) in [6.07, 6.45) is 0. The molecule has 0 fully saturated rings.